The first kappa shape index (κ1) is 24.4. The van der Waals surface area contributed by atoms with Crippen LogP contribution in [0.4, 0.5) is 5.69 Å². The zero-order valence-electron chi connectivity index (χ0n) is 21.3. The summed E-state index contributed by atoms with van der Waals surface area (Å²) < 4.78 is 2.43. The molecule has 0 unspecified atom stereocenters. The third-order valence-electron chi connectivity index (χ3n) is 7.49. The summed E-state index contributed by atoms with van der Waals surface area (Å²) in [5.74, 6) is 1.10. The highest BCUT2D eigenvalue weighted by molar-refractivity contribution is 6.32. The maximum absolute atomic E-state index is 7.46. The Balaban J connectivity index is 1.18. The quantitative estimate of drug-likeness (QED) is 0.174. The second-order valence-electron chi connectivity index (χ2n) is 9.89. The van der Waals surface area contributed by atoms with E-state index in [0.29, 0.717) is 11.7 Å². The van der Waals surface area contributed by atoms with Crippen LogP contribution < -0.4 is 0 Å². The first-order chi connectivity index (χ1) is 18.6. The van der Waals surface area contributed by atoms with Crippen molar-refractivity contribution in [2.45, 2.75) is 32.4 Å². The molecule has 0 radical (unpaired) electrons. The van der Waals surface area contributed by atoms with Gasteiger partial charge in [-0.3, -0.25) is 4.90 Å². The van der Waals surface area contributed by atoms with Gasteiger partial charge in [-0.15, -0.1) is 0 Å². The summed E-state index contributed by atoms with van der Waals surface area (Å²) in [6.45, 7) is 12.6. The number of para-hydroxylation sites is 2. The van der Waals surface area contributed by atoms with Crippen molar-refractivity contribution in [2.75, 3.05) is 13.1 Å². The number of pyridine rings is 1. The van der Waals surface area contributed by atoms with Gasteiger partial charge in [-0.05, 0) is 54.7 Å². The van der Waals surface area contributed by atoms with E-state index in [2.05, 4.69) is 74.8 Å². The summed E-state index contributed by atoms with van der Waals surface area (Å²) in [7, 11) is 0. The molecule has 5 nitrogen and oxygen atoms in total. The summed E-state index contributed by atoms with van der Waals surface area (Å²) in [6.07, 6.45) is 2.24. The number of aryl methyl sites for hydroxylation is 1. The molecule has 2 aromatic heterocycles. The molecule has 0 atom stereocenters. The van der Waals surface area contributed by atoms with Crippen LogP contribution in [0.2, 0.25) is 5.15 Å². The van der Waals surface area contributed by atoms with Crippen molar-refractivity contribution in [3.63, 3.8) is 0 Å². The maximum Gasteiger partial charge on any atom is 0.224 e. The molecule has 0 spiro atoms. The van der Waals surface area contributed by atoms with Crippen molar-refractivity contribution < 1.29 is 0 Å². The van der Waals surface area contributed by atoms with Crippen molar-refractivity contribution in [3.05, 3.63) is 113 Å². The molecule has 1 aliphatic rings. The molecule has 0 bridgehead atoms. The minimum Gasteiger partial charge on any atom is -0.325 e. The molecule has 3 aromatic carbocycles. The average Bonchev–Trinajstić information content (AvgIpc) is 3.30. The van der Waals surface area contributed by atoms with Gasteiger partial charge in [-0.2, -0.15) is 0 Å². The lowest BCUT2D eigenvalue weighted by Crippen LogP contribution is -2.34. The van der Waals surface area contributed by atoms with Crippen LogP contribution in [0, 0.1) is 13.5 Å². The van der Waals surface area contributed by atoms with Gasteiger partial charge in [0, 0.05) is 31.2 Å². The van der Waals surface area contributed by atoms with Crippen molar-refractivity contribution in [3.8, 4) is 22.4 Å². The second kappa shape index (κ2) is 10.4. The predicted molar refractivity (Wildman–Crippen MR) is 154 cm³/mol. The standard InChI is InChI=1S/C32H28ClN5/c1-22-35-28-10-6-7-11-30(28)38(22)26-16-18-37(19-17-26)21-23-12-14-25(15-13-23)31-27(24-8-4-3-5-9-24)20-29(34-2)32(33)36-31/h3-15,20,26H,16-19,21H2,1H3. The molecule has 0 saturated carbocycles. The third-order valence-corrected chi connectivity index (χ3v) is 7.77. The van der Waals surface area contributed by atoms with Crippen molar-refractivity contribution in [2.24, 2.45) is 0 Å². The van der Waals surface area contributed by atoms with E-state index in [-0.39, 0.29) is 5.15 Å². The zero-order chi connectivity index (χ0) is 26.1. The SMILES string of the molecule is [C-]#[N+]c1cc(-c2ccccc2)c(-c2ccc(CN3CCC(n4c(C)nc5ccccc54)CC3)cc2)nc1Cl. The Kier molecular flexibility index (Phi) is 6.68. The molecule has 1 fully saturated rings. The molecule has 3 heterocycles. The van der Waals surface area contributed by atoms with Gasteiger partial charge in [0.1, 0.15) is 11.0 Å². The molecule has 0 amide bonds. The number of piperidine rings is 1. The number of hydrogen-bond acceptors (Lipinski definition) is 3. The molecule has 5 aromatic rings. The fourth-order valence-corrected chi connectivity index (χ4v) is 5.79. The zero-order valence-corrected chi connectivity index (χ0v) is 22.1. The average molecular weight is 518 g/mol. The fraction of sp³-hybridized carbons (Fsp3) is 0.219. The van der Waals surface area contributed by atoms with E-state index >= 15 is 0 Å². The van der Waals surface area contributed by atoms with Gasteiger partial charge in [0.15, 0.2) is 0 Å². The molecular weight excluding hydrogens is 490 g/mol. The lowest BCUT2D eigenvalue weighted by molar-refractivity contribution is 0.180. The molecule has 1 aliphatic heterocycles. The maximum atomic E-state index is 7.46. The minimum absolute atomic E-state index is 0.238. The Morgan fingerprint density at radius 1 is 0.895 bits per heavy atom. The van der Waals surface area contributed by atoms with E-state index in [4.69, 9.17) is 23.2 Å². The van der Waals surface area contributed by atoms with Crippen LogP contribution in [-0.4, -0.2) is 32.5 Å². The monoisotopic (exact) mass is 517 g/mol. The number of benzene rings is 3. The van der Waals surface area contributed by atoms with Crippen molar-refractivity contribution >= 4 is 28.3 Å². The number of fused-ring (bicyclic) bond motifs is 1. The number of imidazole rings is 1. The van der Waals surface area contributed by atoms with E-state index in [1.54, 1.807) is 0 Å². The van der Waals surface area contributed by atoms with Crippen LogP contribution in [-0.2, 0) is 6.54 Å². The molecule has 188 valence electrons. The number of halogens is 1. The summed E-state index contributed by atoms with van der Waals surface area (Å²) in [6, 6.07) is 29.4. The Morgan fingerprint density at radius 2 is 1.61 bits per heavy atom. The molecule has 1 saturated heterocycles. The van der Waals surface area contributed by atoms with E-state index in [9.17, 15) is 0 Å². The van der Waals surface area contributed by atoms with Gasteiger partial charge in [0.2, 0.25) is 5.69 Å². The minimum atomic E-state index is 0.238. The van der Waals surface area contributed by atoms with Gasteiger partial charge < -0.3 is 4.57 Å². The number of nitrogens with zero attached hydrogens (tertiary/aromatic N) is 5. The normalized spacial score (nSPS) is 14.6. The molecule has 6 rings (SSSR count). The van der Waals surface area contributed by atoms with Crippen molar-refractivity contribution in [1.29, 1.82) is 0 Å². The topological polar surface area (TPSA) is 38.3 Å². The van der Waals surface area contributed by atoms with Crippen LogP contribution in [0.1, 0.15) is 30.3 Å². The van der Waals surface area contributed by atoms with E-state index < -0.39 is 0 Å². The Hall–Kier alpha value is -3.98. The second-order valence-corrected chi connectivity index (χ2v) is 10.3. The molecular formula is C32H28ClN5. The first-order valence-corrected chi connectivity index (χ1v) is 13.4. The number of hydrogen-bond donors (Lipinski definition) is 0. The Labute approximate surface area is 228 Å². The van der Waals surface area contributed by atoms with Crippen LogP contribution in [0.3, 0.4) is 0 Å². The van der Waals surface area contributed by atoms with Crippen LogP contribution in [0.25, 0.3) is 38.3 Å². The van der Waals surface area contributed by atoms with E-state index in [1.165, 1.54) is 11.1 Å². The predicted octanol–water partition coefficient (Wildman–Crippen LogP) is 8.12. The first-order valence-electron chi connectivity index (χ1n) is 13.0. The Bertz CT molecular complexity index is 1630. The van der Waals surface area contributed by atoms with Gasteiger partial charge in [-0.1, -0.05) is 78.3 Å². The lowest BCUT2D eigenvalue weighted by Gasteiger charge is -2.33. The van der Waals surface area contributed by atoms with Gasteiger partial charge in [0.05, 0.1) is 23.3 Å². The molecule has 0 aliphatic carbocycles. The largest absolute Gasteiger partial charge is 0.325 e. The Morgan fingerprint density at radius 3 is 2.34 bits per heavy atom. The van der Waals surface area contributed by atoms with Crippen LogP contribution in [0.15, 0.2) is 84.9 Å². The van der Waals surface area contributed by atoms with Crippen molar-refractivity contribution in [1.82, 2.24) is 19.4 Å². The molecule has 6 heteroatoms. The van der Waals surface area contributed by atoms with Crippen LogP contribution in [0.5, 0.6) is 0 Å². The highest BCUT2D eigenvalue weighted by atomic mass is 35.5. The van der Waals surface area contributed by atoms with Crippen LogP contribution >= 0.6 is 11.6 Å². The number of rotatable bonds is 5. The van der Waals surface area contributed by atoms with Gasteiger partial charge >= 0.3 is 0 Å². The highest BCUT2D eigenvalue weighted by Gasteiger charge is 2.23. The summed E-state index contributed by atoms with van der Waals surface area (Å²) in [5, 5.41) is 0.238. The summed E-state index contributed by atoms with van der Waals surface area (Å²) in [5.41, 5.74) is 7.70. The summed E-state index contributed by atoms with van der Waals surface area (Å²) in [4.78, 5) is 15.5. The number of likely N-dealkylation sites (tertiary alicyclic amines) is 1. The highest BCUT2D eigenvalue weighted by Crippen LogP contribution is 2.37. The number of aromatic nitrogens is 3. The lowest BCUT2D eigenvalue weighted by atomic mass is 9.98. The summed E-state index contributed by atoms with van der Waals surface area (Å²) >= 11 is 6.35. The molecule has 0 N–H and O–H groups in total. The van der Waals surface area contributed by atoms with Gasteiger partial charge in [0.25, 0.3) is 0 Å². The van der Waals surface area contributed by atoms with Gasteiger partial charge in [-0.25, -0.2) is 14.8 Å². The third kappa shape index (κ3) is 4.69. The van der Waals surface area contributed by atoms with E-state index in [0.717, 1.165) is 66.2 Å². The van der Waals surface area contributed by atoms with E-state index in [1.807, 2.05) is 36.4 Å². The smallest absolute Gasteiger partial charge is 0.224 e. The molecule has 38 heavy (non-hydrogen) atoms. The fourth-order valence-electron chi connectivity index (χ4n) is 5.60.